The fraction of sp³-hybridized carbons (Fsp3) is 0.619. The summed E-state index contributed by atoms with van der Waals surface area (Å²) in [6.45, 7) is 10.9. The molecule has 0 unspecified atom stereocenters. The van der Waals surface area contributed by atoms with Crippen LogP contribution in [0.25, 0.3) is 0 Å². The SMILES string of the molecule is CCNC(=NCC1(Sc2ccccc2)CC1)NCCN1CCN(C(C)=O)CC1.I. The Kier molecular flexibility index (Phi) is 10.0. The molecule has 0 radical (unpaired) electrons. The van der Waals surface area contributed by atoms with Crippen molar-refractivity contribution in [3.63, 3.8) is 0 Å². The zero-order chi connectivity index (χ0) is 19.8. The molecule has 6 nitrogen and oxygen atoms in total. The van der Waals surface area contributed by atoms with Crippen LogP contribution in [0.1, 0.15) is 26.7 Å². The summed E-state index contributed by atoms with van der Waals surface area (Å²) in [5.41, 5.74) is 0. The lowest BCUT2D eigenvalue weighted by Crippen LogP contribution is -2.50. The van der Waals surface area contributed by atoms with Crippen molar-refractivity contribution >= 4 is 47.6 Å². The number of rotatable bonds is 8. The molecule has 1 saturated heterocycles. The maximum Gasteiger partial charge on any atom is 0.219 e. The number of benzene rings is 1. The highest BCUT2D eigenvalue weighted by molar-refractivity contribution is 14.0. The molecule has 1 heterocycles. The molecule has 0 bridgehead atoms. The van der Waals surface area contributed by atoms with Gasteiger partial charge in [0, 0.05) is 62.4 Å². The lowest BCUT2D eigenvalue weighted by molar-refractivity contribution is -0.130. The van der Waals surface area contributed by atoms with Gasteiger partial charge in [0.15, 0.2) is 5.96 Å². The molecule has 0 spiro atoms. The molecule has 29 heavy (non-hydrogen) atoms. The number of hydrogen-bond donors (Lipinski definition) is 2. The van der Waals surface area contributed by atoms with Gasteiger partial charge in [-0.15, -0.1) is 35.7 Å². The Labute approximate surface area is 196 Å². The van der Waals surface area contributed by atoms with Gasteiger partial charge in [0.05, 0.1) is 6.54 Å². The molecule has 1 saturated carbocycles. The van der Waals surface area contributed by atoms with Crippen molar-refractivity contribution in [3.05, 3.63) is 30.3 Å². The van der Waals surface area contributed by atoms with Crippen molar-refractivity contribution < 1.29 is 4.79 Å². The van der Waals surface area contributed by atoms with E-state index >= 15 is 0 Å². The molecule has 1 aliphatic heterocycles. The van der Waals surface area contributed by atoms with Crippen molar-refractivity contribution in [1.29, 1.82) is 0 Å². The van der Waals surface area contributed by atoms with Gasteiger partial charge in [0.1, 0.15) is 0 Å². The minimum Gasteiger partial charge on any atom is -0.357 e. The molecular formula is C21H34IN5OS. The number of carbonyl (C=O) groups is 1. The van der Waals surface area contributed by atoms with Crippen LogP contribution in [0.5, 0.6) is 0 Å². The van der Waals surface area contributed by atoms with E-state index < -0.39 is 0 Å². The minimum absolute atomic E-state index is 0. The normalized spacial score (nSPS) is 18.7. The summed E-state index contributed by atoms with van der Waals surface area (Å²) < 4.78 is 0.271. The number of halogens is 1. The molecule has 2 fully saturated rings. The first-order valence-electron chi connectivity index (χ1n) is 10.3. The fourth-order valence-corrected chi connectivity index (χ4v) is 4.58. The number of guanidine groups is 1. The summed E-state index contributed by atoms with van der Waals surface area (Å²) in [5, 5.41) is 6.84. The summed E-state index contributed by atoms with van der Waals surface area (Å²) in [5.74, 6) is 1.09. The highest BCUT2D eigenvalue weighted by atomic mass is 127. The number of hydrogen-bond acceptors (Lipinski definition) is 4. The third kappa shape index (κ3) is 7.97. The van der Waals surface area contributed by atoms with E-state index in [1.807, 2.05) is 16.7 Å². The molecule has 3 rings (SSSR count). The molecule has 8 heteroatoms. The van der Waals surface area contributed by atoms with E-state index in [9.17, 15) is 4.79 Å². The van der Waals surface area contributed by atoms with Crippen LogP contribution >= 0.6 is 35.7 Å². The predicted molar refractivity (Wildman–Crippen MR) is 132 cm³/mol. The smallest absolute Gasteiger partial charge is 0.219 e. The highest BCUT2D eigenvalue weighted by Crippen LogP contribution is 2.51. The average molecular weight is 532 g/mol. The third-order valence-electron chi connectivity index (χ3n) is 5.29. The van der Waals surface area contributed by atoms with Gasteiger partial charge in [-0.3, -0.25) is 14.7 Å². The van der Waals surface area contributed by atoms with E-state index in [1.54, 1.807) is 6.92 Å². The van der Waals surface area contributed by atoms with Gasteiger partial charge in [0.25, 0.3) is 0 Å². The maximum atomic E-state index is 11.4. The van der Waals surface area contributed by atoms with Crippen LogP contribution in [-0.4, -0.2) is 78.8 Å². The largest absolute Gasteiger partial charge is 0.357 e. The van der Waals surface area contributed by atoms with Crippen LogP contribution in [-0.2, 0) is 4.79 Å². The lowest BCUT2D eigenvalue weighted by atomic mass is 10.3. The van der Waals surface area contributed by atoms with Crippen molar-refractivity contribution in [2.75, 3.05) is 52.4 Å². The minimum atomic E-state index is 0. The summed E-state index contributed by atoms with van der Waals surface area (Å²) >= 11 is 1.96. The van der Waals surface area contributed by atoms with Gasteiger partial charge < -0.3 is 15.5 Å². The second-order valence-corrected chi connectivity index (χ2v) is 9.11. The predicted octanol–water partition coefficient (Wildman–Crippen LogP) is 2.65. The third-order valence-corrected chi connectivity index (χ3v) is 6.77. The van der Waals surface area contributed by atoms with Crippen molar-refractivity contribution in [2.24, 2.45) is 4.99 Å². The molecule has 1 aromatic rings. The first-order valence-corrected chi connectivity index (χ1v) is 11.2. The van der Waals surface area contributed by atoms with Crippen molar-refractivity contribution in [3.8, 4) is 0 Å². The van der Waals surface area contributed by atoms with Gasteiger partial charge in [0.2, 0.25) is 5.91 Å². The lowest BCUT2D eigenvalue weighted by Gasteiger charge is -2.34. The van der Waals surface area contributed by atoms with Crippen molar-refractivity contribution in [1.82, 2.24) is 20.4 Å². The number of amides is 1. The fourth-order valence-electron chi connectivity index (χ4n) is 3.35. The van der Waals surface area contributed by atoms with E-state index in [2.05, 4.69) is 52.8 Å². The number of carbonyl (C=O) groups excluding carboxylic acids is 1. The second kappa shape index (κ2) is 12.0. The summed E-state index contributed by atoms with van der Waals surface area (Å²) in [4.78, 5) is 22.0. The summed E-state index contributed by atoms with van der Waals surface area (Å²) in [7, 11) is 0. The van der Waals surface area contributed by atoms with Crippen LogP contribution in [0.2, 0.25) is 0 Å². The van der Waals surface area contributed by atoms with E-state index in [0.29, 0.717) is 0 Å². The second-order valence-electron chi connectivity index (χ2n) is 7.57. The molecular weight excluding hydrogens is 497 g/mol. The van der Waals surface area contributed by atoms with Crippen LogP contribution < -0.4 is 10.6 Å². The van der Waals surface area contributed by atoms with Crippen LogP contribution in [0.4, 0.5) is 0 Å². The number of aliphatic imine (C=N–C) groups is 1. The maximum absolute atomic E-state index is 11.4. The van der Waals surface area contributed by atoms with Gasteiger partial charge in [-0.05, 0) is 31.9 Å². The molecule has 2 N–H and O–H groups in total. The zero-order valence-electron chi connectivity index (χ0n) is 17.5. The Hall–Kier alpha value is -1.00. The number of nitrogens with zero attached hydrogens (tertiary/aromatic N) is 3. The first kappa shape index (κ1) is 24.3. The molecule has 0 atom stereocenters. The Morgan fingerprint density at radius 2 is 1.83 bits per heavy atom. The van der Waals surface area contributed by atoms with Gasteiger partial charge in [-0.2, -0.15) is 0 Å². The number of piperazine rings is 1. The van der Waals surface area contributed by atoms with Crippen LogP contribution in [0.3, 0.4) is 0 Å². The molecule has 0 aromatic heterocycles. The molecule has 1 aliphatic carbocycles. The summed E-state index contributed by atoms with van der Waals surface area (Å²) in [6, 6.07) is 10.6. The Morgan fingerprint density at radius 3 is 2.41 bits per heavy atom. The Bertz CT molecular complexity index is 660. The monoisotopic (exact) mass is 531 g/mol. The Balaban J connectivity index is 0.00000300. The Morgan fingerprint density at radius 1 is 1.14 bits per heavy atom. The first-order chi connectivity index (χ1) is 13.6. The quantitative estimate of drug-likeness (QED) is 0.307. The zero-order valence-corrected chi connectivity index (χ0v) is 20.7. The van der Waals surface area contributed by atoms with E-state index in [4.69, 9.17) is 4.99 Å². The number of thioether (sulfide) groups is 1. The van der Waals surface area contributed by atoms with E-state index in [-0.39, 0.29) is 34.6 Å². The molecule has 1 aromatic carbocycles. The molecule has 162 valence electrons. The van der Waals surface area contributed by atoms with Crippen molar-refractivity contribution in [2.45, 2.75) is 36.3 Å². The van der Waals surface area contributed by atoms with Crippen LogP contribution in [0, 0.1) is 0 Å². The molecule has 1 amide bonds. The van der Waals surface area contributed by atoms with E-state index in [0.717, 1.165) is 58.3 Å². The van der Waals surface area contributed by atoms with Gasteiger partial charge >= 0.3 is 0 Å². The average Bonchev–Trinajstić information content (AvgIpc) is 3.47. The highest BCUT2D eigenvalue weighted by Gasteiger charge is 2.43. The van der Waals surface area contributed by atoms with Gasteiger partial charge in [-0.25, -0.2) is 0 Å². The summed E-state index contributed by atoms with van der Waals surface area (Å²) in [6.07, 6.45) is 2.46. The topological polar surface area (TPSA) is 60.0 Å². The molecule has 2 aliphatic rings. The standard InChI is InChI=1S/C21H33N5OS.HI/c1-3-22-20(23-11-12-25-13-15-26(16-14-25)18(2)27)24-17-21(9-10-21)28-19-7-5-4-6-8-19;/h4-8H,3,9-17H2,1-2H3,(H2,22,23,24);1H. The van der Waals surface area contributed by atoms with E-state index in [1.165, 1.54) is 17.7 Å². The number of nitrogens with one attached hydrogen (secondary N) is 2. The van der Waals surface area contributed by atoms with Gasteiger partial charge in [-0.1, -0.05) is 18.2 Å². The van der Waals surface area contributed by atoms with Crippen LogP contribution in [0.15, 0.2) is 40.2 Å².